The van der Waals surface area contributed by atoms with Gasteiger partial charge in [-0.05, 0) is 31.0 Å². The smallest absolute Gasteiger partial charge is 0.253 e. The van der Waals surface area contributed by atoms with Gasteiger partial charge in [0.25, 0.3) is 5.91 Å². The highest BCUT2D eigenvalue weighted by molar-refractivity contribution is 5.94. The van der Waals surface area contributed by atoms with Gasteiger partial charge in [-0.25, -0.2) is 0 Å². The highest BCUT2D eigenvalue weighted by Crippen LogP contribution is 2.07. The Morgan fingerprint density at radius 3 is 2.65 bits per heavy atom. The van der Waals surface area contributed by atoms with E-state index in [1.165, 1.54) is 0 Å². The molecule has 0 aliphatic carbocycles. The number of hydrogen-bond acceptors (Lipinski definition) is 3. The molecular weight excluding hydrogens is 292 g/mol. The van der Waals surface area contributed by atoms with Gasteiger partial charge < -0.3 is 20.3 Å². The Hall–Kier alpha value is -2.08. The third-order valence-corrected chi connectivity index (χ3v) is 3.25. The molecule has 128 valence electrons. The summed E-state index contributed by atoms with van der Waals surface area (Å²) >= 11 is 0. The lowest BCUT2D eigenvalue weighted by atomic mass is 10.1. The Morgan fingerprint density at radius 1 is 1.26 bits per heavy atom. The van der Waals surface area contributed by atoms with E-state index in [-0.39, 0.29) is 5.91 Å². The SMILES string of the molecule is CCOCCNC(=NC)NCCc1cccc(C(=O)N(C)C)c1. The minimum Gasteiger partial charge on any atom is -0.380 e. The van der Waals surface area contributed by atoms with Crippen molar-refractivity contribution in [3.05, 3.63) is 35.4 Å². The maximum absolute atomic E-state index is 12.0. The van der Waals surface area contributed by atoms with Crippen molar-refractivity contribution in [2.24, 2.45) is 4.99 Å². The van der Waals surface area contributed by atoms with Crippen molar-refractivity contribution in [1.29, 1.82) is 0 Å². The minimum absolute atomic E-state index is 0.0215. The lowest BCUT2D eigenvalue weighted by molar-refractivity contribution is 0.0827. The molecule has 0 radical (unpaired) electrons. The number of carbonyl (C=O) groups excluding carboxylic acids is 1. The van der Waals surface area contributed by atoms with Crippen LogP contribution < -0.4 is 10.6 Å². The predicted octanol–water partition coefficient (Wildman–Crippen LogP) is 1.13. The number of hydrogen-bond donors (Lipinski definition) is 2. The summed E-state index contributed by atoms with van der Waals surface area (Å²) < 4.78 is 5.28. The molecule has 0 unspecified atom stereocenters. The molecule has 0 aliphatic heterocycles. The fourth-order valence-corrected chi connectivity index (χ4v) is 2.05. The monoisotopic (exact) mass is 320 g/mol. The van der Waals surface area contributed by atoms with Crippen molar-refractivity contribution in [2.75, 3.05) is 47.4 Å². The van der Waals surface area contributed by atoms with E-state index >= 15 is 0 Å². The molecule has 0 aromatic heterocycles. The molecule has 0 atom stereocenters. The first-order valence-electron chi connectivity index (χ1n) is 7.91. The van der Waals surface area contributed by atoms with Gasteiger partial charge in [0, 0.05) is 46.4 Å². The van der Waals surface area contributed by atoms with Crippen LogP contribution in [0.3, 0.4) is 0 Å². The predicted molar refractivity (Wildman–Crippen MR) is 94.0 cm³/mol. The number of benzene rings is 1. The van der Waals surface area contributed by atoms with Gasteiger partial charge in [0.15, 0.2) is 5.96 Å². The number of nitrogens with one attached hydrogen (secondary N) is 2. The number of carbonyl (C=O) groups is 1. The zero-order chi connectivity index (χ0) is 17.1. The summed E-state index contributed by atoms with van der Waals surface area (Å²) in [5.74, 6) is 0.776. The Balaban J connectivity index is 2.42. The molecule has 1 aromatic carbocycles. The molecule has 2 N–H and O–H groups in total. The number of amides is 1. The second-order valence-electron chi connectivity index (χ2n) is 5.27. The maximum Gasteiger partial charge on any atom is 0.253 e. The van der Waals surface area contributed by atoms with E-state index in [2.05, 4.69) is 15.6 Å². The summed E-state index contributed by atoms with van der Waals surface area (Å²) in [7, 11) is 5.26. The zero-order valence-corrected chi connectivity index (χ0v) is 14.6. The van der Waals surface area contributed by atoms with Gasteiger partial charge in [-0.2, -0.15) is 0 Å². The van der Waals surface area contributed by atoms with E-state index in [1.807, 2.05) is 31.2 Å². The quantitative estimate of drug-likeness (QED) is 0.428. The van der Waals surface area contributed by atoms with E-state index in [0.29, 0.717) is 12.2 Å². The van der Waals surface area contributed by atoms with Crippen molar-refractivity contribution < 1.29 is 9.53 Å². The van der Waals surface area contributed by atoms with Crippen LogP contribution in [0.5, 0.6) is 0 Å². The van der Waals surface area contributed by atoms with E-state index in [0.717, 1.165) is 37.6 Å². The van der Waals surface area contributed by atoms with Crippen molar-refractivity contribution in [2.45, 2.75) is 13.3 Å². The largest absolute Gasteiger partial charge is 0.380 e. The molecule has 0 bridgehead atoms. The molecule has 0 saturated heterocycles. The minimum atomic E-state index is 0.0215. The van der Waals surface area contributed by atoms with Crippen LogP contribution in [-0.2, 0) is 11.2 Å². The lowest BCUT2D eigenvalue weighted by Crippen LogP contribution is -2.39. The standard InChI is InChI=1S/C17H28N4O2/c1-5-23-12-11-20-17(18-2)19-10-9-14-7-6-8-15(13-14)16(22)21(3)4/h6-8,13H,5,9-12H2,1-4H3,(H2,18,19,20). The normalized spacial score (nSPS) is 11.2. The molecule has 1 rings (SSSR count). The van der Waals surface area contributed by atoms with Gasteiger partial charge >= 0.3 is 0 Å². The highest BCUT2D eigenvalue weighted by Gasteiger charge is 2.08. The van der Waals surface area contributed by atoms with Crippen molar-refractivity contribution in [3.8, 4) is 0 Å². The van der Waals surface area contributed by atoms with Crippen molar-refractivity contribution in [3.63, 3.8) is 0 Å². The number of guanidine groups is 1. The van der Waals surface area contributed by atoms with Gasteiger partial charge in [0.05, 0.1) is 6.61 Å². The molecule has 1 amide bonds. The van der Waals surface area contributed by atoms with E-state index < -0.39 is 0 Å². The molecule has 0 saturated carbocycles. The number of nitrogens with zero attached hydrogens (tertiary/aromatic N) is 2. The first-order valence-corrected chi connectivity index (χ1v) is 7.91. The molecule has 0 spiro atoms. The van der Waals surface area contributed by atoms with Gasteiger partial charge in [0.1, 0.15) is 0 Å². The zero-order valence-electron chi connectivity index (χ0n) is 14.6. The van der Waals surface area contributed by atoms with Crippen LogP contribution in [0, 0.1) is 0 Å². The molecule has 0 aliphatic rings. The van der Waals surface area contributed by atoms with Crippen LogP contribution >= 0.6 is 0 Å². The summed E-state index contributed by atoms with van der Waals surface area (Å²) in [6.07, 6.45) is 0.820. The molecular formula is C17H28N4O2. The Morgan fingerprint density at radius 2 is 2.00 bits per heavy atom. The summed E-state index contributed by atoms with van der Waals surface area (Å²) in [5, 5.41) is 6.44. The average Bonchev–Trinajstić information content (AvgIpc) is 2.56. The van der Waals surface area contributed by atoms with Crippen LogP contribution in [0.4, 0.5) is 0 Å². The van der Waals surface area contributed by atoms with Crippen LogP contribution in [0.1, 0.15) is 22.8 Å². The summed E-state index contributed by atoms with van der Waals surface area (Å²) in [6.45, 7) is 4.82. The maximum atomic E-state index is 12.0. The number of ether oxygens (including phenoxy) is 1. The van der Waals surface area contributed by atoms with Gasteiger partial charge in [-0.15, -0.1) is 0 Å². The van der Waals surface area contributed by atoms with Crippen LogP contribution in [0.25, 0.3) is 0 Å². The van der Waals surface area contributed by atoms with E-state index in [4.69, 9.17) is 4.74 Å². The Labute approximate surface area is 138 Å². The number of rotatable bonds is 8. The summed E-state index contributed by atoms with van der Waals surface area (Å²) in [5.41, 5.74) is 1.83. The van der Waals surface area contributed by atoms with Crippen LogP contribution in [-0.4, -0.2) is 64.2 Å². The third kappa shape index (κ3) is 7.15. The highest BCUT2D eigenvalue weighted by atomic mass is 16.5. The second-order valence-corrected chi connectivity index (χ2v) is 5.27. The first-order chi connectivity index (χ1) is 11.1. The van der Waals surface area contributed by atoms with Gasteiger partial charge in [-0.3, -0.25) is 9.79 Å². The van der Waals surface area contributed by atoms with Gasteiger partial charge in [0.2, 0.25) is 0 Å². The van der Waals surface area contributed by atoms with E-state index in [9.17, 15) is 4.79 Å². The summed E-state index contributed by atoms with van der Waals surface area (Å²) in [6, 6.07) is 7.73. The van der Waals surface area contributed by atoms with Crippen molar-refractivity contribution in [1.82, 2.24) is 15.5 Å². The molecule has 0 fully saturated rings. The lowest BCUT2D eigenvalue weighted by Gasteiger charge is -2.13. The molecule has 6 heteroatoms. The number of aliphatic imine (C=N–C) groups is 1. The Bertz CT molecular complexity index is 515. The van der Waals surface area contributed by atoms with Crippen molar-refractivity contribution >= 4 is 11.9 Å². The topological polar surface area (TPSA) is 66.0 Å². The molecule has 0 heterocycles. The van der Waals surface area contributed by atoms with Gasteiger partial charge in [-0.1, -0.05) is 12.1 Å². The van der Waals surface area contributed by atoms with Crippen LogP contribution in [0.2, 0.25) is 0 Å². The fraction of sp³-hybridized carbons (Fsp3) is 0.529. The van der Waals surface area contributed by atoms with E-state index in [1.54, 1.807) is 26.0 Å². The van der Waals surface area contributed by atoms with Crippen LogP contribution in [0.15, 0.2) is 29.3 Å². The second kappa shape index (κ2) is 10.6. The Kier molecular flexibility index (Phi) is 8.75. The average molecular weight is 320 g/mol. The molecule has 1 aromatic rings. The molecule has 23 heavy (non-hydrogen) atoms. The first kappa shape index (κ1) is 19.0. The third-order valence-electron chi connectivity index (χ3n) is 3.25. The fourth-order valence-electron chi connectivity index (χ4n) is 2.05. The molecule has 6 nitrogen and oxygen atoms in total. The summed E-state index contributed by atoms with van der Waals surface area (Å²) in [4.78, 5) is 17.7.